The summed E-state index contributed by atoms with van der Waals surface area (Å²) in [6, 6.07) is 20.6. The molecular formula is C33H38N4O3. The summed E-state index contributed by atoms with van der Waals surface area (Å²) in [7, 11) is 0. The fourth-order valence-electron chi connectivity index (χ4n) is 5.07. The smallest absolute Gasteiger partial charge is 0.298 e. The van der Waals surface area contributed by atoms with Gasteiger partial charge < -0.3 is 24.3 Å². The SMILES string of the molecule is CCOc1ccccc1N1CCN(C(=O)C#CCCOc2ccc(-c3ccc4nc(C)[nH]c4c3)cc2CC)CC1.[HH]. The predicted molar refractivity (Wildman–Crippen MR) is 162 cm³/mol. The number of aryl methyl sites for hydroxylation is 2. The van der Waals surface area contributed by atoms with Gasteiger partial charge in [0.2, 0.25) is 0 Å². The van der Waals surface area contributed by atoms with Crippen molar-refractivity contribution in [3.05, 3.63) is 72.1 Å². The van der Waals surface area contributed by atoms with E-state index in [-0.39, 0.29) is 7.33 Å². The van der Waals surface area contributed by atoms with E-state index in [0.29, 0.717) is 32.7 Å². The summed E-state index contributed by atoms with van der Waals surface area (Å²) >= 11 is 0. The van der Waals surface area contributed by atoms with Gasteiger partial charge in [-0.3, -0.25) is 4.79 Å². The van der Waals surface area contributed by atoms with Crippen molar-refractivity contribution >= 4 is 22.6 Å². The molecule has 1 amide bonds. The Hall–Kier alpha value is -4.44. The summed E-state index contributed by atoms with van der Waals surface area (Å²) in [6.07, 6.45) is 1.36. The minimum Gasteiger partial charge on any atom is -0.492 e. The fraction of sp³-hybridized carbons (Fsp3) is 0.333. The number of nitrogens with one attached hydrogen (secondary N) is 1. The second-order valence-corrected chi connectivity index (χ2v) is 9.81. The van der Waals surface area contributed by atoms with Crippen molar-refractivity contribution in [2.24, 2.45) is 0 Å². The highest BCUT2D eigenvalue weighted by molar-refractivity contribution is 5.93. The van der Waals surface area contributed by atoms with Gasteiger partial charge >= 0.3 is 0 Å². The van der Waals surface area contributed by atoms with Crippen LogP contribution in [-0.4, -0.2) is 60.2 Å². The Kier molecular flexibility index (Phi) is 8.56. The third-order valence-corrected chi connectivity index (χ3v) is 7.13. The van der Waals surface area contributed by atoms with Crippen molar-refractivity contribution in [3.63, 3.8) is 0 Å². The van der Waals surface area contributed by atoms with E-state index >= 15 is 0 Å². The number of hydrogen-bond donors (Lipinski definition) is 1. The van der Waals surface area contributed by atoms with E-state index in [1.54, 1.807) is 0 Å². The lowest BCUT2D eigenvalue weighted by molar-refractivity contribution is -0.125. The van der Waals surface area contributed by atoms with Crippen molar-refractivity contribution in [2.45, 2.75) is 33.6 Å². The van der Waals surface area contributed by atoms with Gasteiger partial charge in [0, 0.05) is 34.0 Å². The molecule has 7 nitrogen and oxygen atoms in total. The Bertz CT molecular complexity index is 1550. The second kappa shape index (κ2) is 12.6. The van der Waals surface area contributed by atoms with E-state index in [4.69, 9.17) is 9.47 Å². The normalized spacial score (nSPS) is 13.2. The molecule has 3 aromatic carbocycles. The van der Waals surface area contributed by atoms with Crippen molar-refractivity contribution < 1.29 is 15.7 Å². The number of imidazole rings is 1. The summed E-state index contributed by atoms with van der Waals surface area (Å²) in [4.78, 5) is 24.5. The van der Waals surface area contributed by atoms with Crippen LogP contribution in [0.5, 0.6) is 11.5 Å². The average Bonchev–Trinajstić information content (AvgIpc) is 3.36. The summed E-state index contributed by atoms with van der Waals surface area (Å²) in [6.45, 7) is 9.94. The van der Waals surface area contributed by atoms with Crippen LogP contribution in [0.1, 0.15) is 33.1 Å². The molecule has 40 heavy (non-hydrogen) atoms. The highest BCUT2D eigenvalue weighted by atomic mass is 16.5. The Labute approximate surface area is 237 Å². The molecule has 208 valence electrons. The molecule has 1 aliphatic rings. The first-order valence-electron chi connectivity index (χ1n) is 14.0. The van der Waals surface area contributed by atoms with Crippen LogP contribution >= 0.6 is 0 Å². The van der Waals surface area contributed by atoms with Crippen LogP contribution in [0.3, 0.4) is 0 Å². The van der Waals surface area contributed by atoms with Crippen LogP contribution in [0.25, 0.3) is 22.2 Å². The minimum absolute atomic E-state index is 0. The summed E-state index contributed by atoms with van der Waals surface area (Å²) in [5, 5.41) is 0. The largest absolute Gasteiger partial charge is 0.492 e. The van der Waals surface area contributed by atoms with Gasteiger partial charge in [-0.2, -0.15) is 0 Å². The van der Waals surface area contributed by atoms with E-state index in [1.165, 1.54) is 0 Å². The number of H-pyrrole nitrogens is 1. The third kappa shape index (κ3) is 6.23. The molecule has 1 fully saturated rings. The van der Waals surface area contributed by atoms with Crippen molar-refractivity contribution in [1.82, 2.24) is 14.9 Å². The number of aromatic amines is 1. The first-order valence-corrected chi connectivity index (χ1v) is 14.0. The first kappa shape index (κ1) is 27.1. The predicted octanol–water partition coefficient (Wildman–Crippen LogP) is 5.87. The lowest BCUT2D eigenvalue weighted by atomic mass is 10.0. The fourth-order valence-corrected chi connectivity index (χ4v) is 5.07. The molecule has 5 rings (SSSR count). The highest BCUT2D eigenvalue weighted by Crippen LogP contribution is 2.30. The lowest BCUT2D eigenvalue weighted by Gasteiger charge is -2.35. The van der Waals surface area contributed by atoms with Crippen LogP contribution in [0, 0.1) is 18.8 Å². The number of anilines is 1. The number of ether oxygens (including phenoxy) is 2. The number of fused-ring (bicyclic) bond motifs is 1. The quantitative estimate of drug-likeness (QED) is 0.225. The van der Waals surface area contributed by atoms with Gasteiger partial charge in [0.05, 0.1) is 29.9 Å². The molecule has 1 aliphatic heterocycles. The van der Waals surface area contributed by atoms with Gasteiger partial charge in [0.15, 0.2) is 0 Å². The first-order chi connectivity index (χ1) is 19.6. The number of piperazine rings is 1. The number of nitrogens with zero attached hydrogens (tertiary/aromatic N) is 3. The van der Waals surface area contributed by atoms with Crippen molar-refractivity contribution in [2.75, 3.05) is 44.3 Å². The number of para-hydroxylation sites is 2. The van der Waals surface area contributed by atoms with E-state index < -0.39 is 0 Å². The Morgan fingerprint density at radius 2 is 1.75 bits per heavy atom. The van der Waals surface area contributed by atoms with Gasteiger partial charge in [-0.25, -0.2) is 4.98 Å². The van der Waals surface area contributed by atoms with E-state index in [0.717, 1.165) is 70.2 Å². The molecule has 1 aromatic heterocycles. The number of aromatic nitrogens is 2. The van der Waals surface area contributed by atoms with E-state index in [2.05, 4.69) is 64.0 Å². The number of rotatable bonds is 8. The summed E-state index contributed by atoms with van der Waals surface area (Å²) < 4.78 is 11.8. The molecule has 1 saturated heterocycles. The molecule has 1 N–H and O–H groups in total. The Morgan fingerprint density at radius 3 is 2.55 bits per heavy atom. The molecular weight excluding hydrogens is 500 g/mol. The maximum absolute atomic E-state index is 12.7. The molecule has 0 bridgehead atoms. The topological polar surface area (TPSA) is 70.7 Å². The van der Waals surface area contributed by atoms with Crippen LogP contribution in [0.4, 0.5) is 5.69 Å². The zero-order valence-corrected chi connectivity index (χ0v) is 23.5. The van der Waals surface area contributed by atoms with Crippen LogP contribution in [0.15, 0.2) is 60.7 Å². The van der Waals surface area contributed by atoms with Gasteiger partial charge in [0.1, 0.15) is 17.3 Å². The maximum atomic E-state index is 12.7. The molecule has 0 atom stereocenters. The Balaban J connectivity index is 0.00000387. The van der Waals surface area contributed by atoms with Gasteiger partial charge in [-0.1, -0.05) is 37.1 Å². The molecule has 2 heterocycles. The van der Waals surface area contributed by atoms with Crippen LogP contribution in [-0.2, 0) is 11.2 Å². The van der Waals surface area contributed by atoms with Gasteiger partial charge in [0.25, 0.3) is 5.91 Å². The zero-order chi connectivity index (χ0) is 27.9. The van der Waals surface area contributed by atoms with Crippen molar-refractivity contribution in [1.29, 1.82) is 0 Å². The van der Waals surface area contributed by atoms with Gasteiger partial charge in [-0.15, -0.1) is 0 Å². The molecule has 0 aliphatic carbocycles. The second-order valence-electron chi connectivity index (χ2n) is 9.81. The molecule has 0 saturated carbocycles. The van der Waals surface area contributed by atoms with Crippen molar-refractivity contribution in [3.8, 4) is 34.5 Å². The number of hydrogen-bond acceptors (Lipinski definition) is 5. The van der Waals surface area contributed by atoms with Crippen LogP contribution in [0.2, 0.25) is 0 Å². The van der Waals surface area contributed by atoms with E-state index in [1.807, 2.05) is 49.1 Å². The average molecular weight is 539 g/mol. The summed E-state index contributed by atoms with van der Waals surface area (Å²) in [5.41, 5.74) is 6.52. The number of amides is 1. The van der Waals surface area contributed by atoms with Gasteiger partial charge in [-0.05, 0) is 79.3 Å². The Morgan fingerprint density at radius 1 is 0.975 bits per heavy atom. The number of benzene rings is 3. The lowest BCUT2D eigenvalue weighted by Crippen LogP contribution is -2.48. The molecule has 0 unspecified atom stereocenters. The summed E-state index contributed by atoms with van der Waals surface area (Å²) in [5.74, 6) is 8.35. The third-order valence-electron chi connectivity index (χ3n) is 7.13. The molecule has 7 heteroatoms. The standard InChI is InChI=1S/C33H36N4O3.H2/c1-4-25-22-26(27-13-15-28-29(23-27)35-24(3)34-28)14-16-31(25)40-21-9-8-12-33(38)37-19-17-36(18-20-37)30-10-6-7-11-32(30)39-5-2;/h6-7,10-11,13-16,22-23H,4-5,9,17-21H2,1-3H3,(H,34,35);1H. The maximum Gasteiger partial charge on any atom is 0.298 e. The number of carbonyl (C=O) groups excluding carboxylic acids is 1. The highest BCUT2D eigenvalue weighted by Gasteiger charge is 2.22. The van der Waals surface area contributed by atoms with E-state index in [9.17, 15) is 4.79 Å². The minimum atomic E-state index is -0.124. The number of carbonyl (C=O) groups is 1. The zero-order valence-electron chi connectivity index (χ0n) is 23.5. The molecule has 0 spiro atoms. The van der Waals surface area contributed by atoms with Crippen LogP contribution < -0.4 is 14.4 Å². The monoisotopic (exact) mass is 538 g/mol. The molecule has 4 aromatic rings. The molecule has 0 radical (unpaired) electrons.